The molecule has 27 heavy (non-hydrogen) atoms. The first-order chi connectivity index (χ1) is 13.0. The van der Waals surface area contributed by atoms with Gasteiger partial charge in [0.25, 0.3) is 5.69 Å². The lowest BCUT2D eigenvalue weighted by atomic mass is 10.1. The Labute approximate surface area is 155 Å². The van der Waals surface area contributed by atoms with Gasteiger partial charge in [0.1, 0.15) is 5.82 Å². The lowest BCUT2D eigenvalue weighted by Gasteiger charge is -2.26. The fourth-order valence-electron chi connectivity index (χ4n) is 3.27. The first-order valence-electron chi connectivity index (χ1n) is 8.73. The molecule has 0 spiro atoms. The summed E-state index contributed by atoms with van der Waals surface area (Å²) >= 11 is 0. The zero-order valence-corrected chi connectivity index (χ0v) is 14.9. The first kappa shape index (κ1) is 17.2. The minimum absolute atomic E-state index is 0.0138. The summed E-state index contributed by atoms with van der Waals surface area (Å²) in [5.41, 5.74) is 2.76. The highest BCUT2D eigenvalue weighted by molar-refractivity contribution is 5.40. The van der Waals surface area contributed by atoms with Crippen LogP contribution in [0.4, 0.5) is 5.69 Å². The van der Waals surface area contributed by atoms with E-state index < -0.39 is 4.92 Å². The van der Waals surface area contributed by atoms with Crippen LogP contribution in [-0.4, -0.2) is 30.7 Å². The number of aromatic nitrogens is 3. The first-order valence-corrected chi connectivity index (χ1v) is 8.73. The number of nitrogens with zero attached hydrogens (tertiary/aromatic N) is 5. The fraction of sp³-hybridized carbons (Fsp3) is 0.263. The molecule has 0 unspecified atom stereocenters. The number of hydrogen-bond acceptors (Lipinski definition) is 5. The largest absolute Gasteiger partial charge is 0.350 e. The predicted molar refractivity (Wildman–Crippen MR) is 99.8 cm³/mol. The monoisotopic (exact) mass is 365 g/mol. The Morgan fingerprint density at radius 2 is 1.78 bits per heavy atom. The van der Waals surface area contributed by atoms with Crippen molar-refractivity contribution < 1.29 is 4.92 Å². The van der Waals surface area contributed by atoms with E-state index in [2.05, 4.69) is 41.2 Å². The van der Waals surface area contributed by atoms with Crippen molar-refractivity contribution in [2.45, 2.75) is 26.6 Å². The van der Waals surface area contributed by atoms with Gasteiger partial charge in [0.15, 0.2) is 0 Å². The highest BCUT2D eigenvalue weighted by atomic mass is 16.6. The zero-order chi connectivity index (χ0) is 19.0. The molecule has 0 aliphatic carbocycles. The molecule has 0 N–H and O–H groups in total. The van der Waals surface area contributed by atoms with E-state index in [-0.39, 0.29) is 11.4 Å². The SMILES string of the molecule is Cc1ccc(CN2CCn3c(nn(-c4ccc([N+](=O)[O-])cc4)c3=O)C2)cc1. The summed E-state index contributed by atoms with van der Waals surface area (Å²) in [5.74, 6) is 0.705. The van der Waals surface area contributed by atoms with E-state index in [9.17, 15) is 14.9 Å². The second kappa shape index (κ2) is 6.81. The number of rotatable bonds is 4. The average molecular weight is 365 g/mol. The van der Waals surface area contributed by atoms with Crippen molar-refractivity contribution in [3.63, 3.8) is 0 Å². The minimum Gasteiger partial charge on any atom is -0.290 e. The third-order valence-corrected chi connectivity index (χ3v) is 4.78. The fourth-order valence-corrected chi connectivity index (χ4v) is 3.27. The van der Waals surface area contributed by atoms with Crippen LogP contribution >= 0.6 is 0 Å². The van der Waals surface area contributed by atoms with E-state index in [0.29, 0.717) is 24.6 Å². The number of nitro benzene ring substituents is 1. The molecule has 1 aromatic heterocycles. The molecule has 4 rings (SSSR count). The second-order valence-electron chi connectivity index (χ2n) is 6.73. The van der Waals surface area contributed by atoms with Crippen LogP contribution in [0.25, 0.3) is 5.69 Å². The molecule has 0 atom stereocenters. The summed E-state index contributed by atoms with van der Waals surface area (Å²) in [6, 6.07) is 14.3. The highest BCUT2D eigenvalue weighted by Crippen LogP contribution is 2.16. The van der Waals surface area contributed by atoms with Gasteiger partial charge in [-0.1, -0.05) is 29.8 Å². The summed E-state index contributed by atoms with van der Waals surface area (Å²) in [4.78, 5) is 25.2. The second-order valence-corrected chi connectivity index (χ2v) is 6.73. The molecule has 0 saturated heterocycles. The van der Waals surface area contributed by atoms with Gasteiger partial charge in [-0.2, -0.15) is 4.68 Å². The zero-order valence-electron chi connectivity index (χ0n) is 14.9. The molecule has 8 heteroatoms. The number of nitro groups is 1. The molecular formula is C19H19N5O3. The van der Waals surface area contributed by atoms with E-state index in [1.54, 1.807) is 16.7 Å². The average Bonchev–Trinajstić information content (AvgIpc) is 3.00. The van der Waals surface area contributed by atoms with Crippen molar-refractivity contribution >= 4 is 5.69 Å². The van der Waals surface area contributed by atoms with Crippen LogP contribution in [0.2, 0.25) is 0 Å². The molecule has 3 aromatic rings. The Kier molecular flexibility index (Phi) is 4.33. The van der Waals surface area contributed by atoms with Crippen LogP contribution < -0.4 is 5.69 Å². The van der Waals surface area contributed by atoms with E-state index in [1.807, 2.05) is 0 Å². The number of hydrogen-bond donors (Lipinski definition) is 0. The van der Waals surface area contributed by atoms with Gasteiger partial charge in [-0.05, 0) is 24.6 Å². The summed E-state index contributed by atoms with van der Waals surface area (Å²) in [6.07, 6.45) is 0. The van der Waals surface area contributed by atoms with Crippen LogP contribution in [0, 0.1) is 17.0 Å². The Morgan fingerprint density at radius 1 is 1.07 bits per heavy atom. The molecule has 2 heterocycles. The molecule has 0 amide bonds. The van der Waals surface area contributed by atoms with Crippen LogP contribution in [0.3, 0.4) is 0 Å². The summed E-state index contributed by atoms with van der Waals surface area (Å²) in [6.45, 7) is 4.80. The van der Waals surface area contributed by atoms with E-state index in [0.717, 1.165) is 13.1 Å². The van der Waals surface area contributed by atoms with Crippen molar-refractivity contribution in [2.24, 2.45) is 0 Å². The van der Waals surface area contributed by atoms with Gasteiger partial charge in [-0.15, -0.1) is 5.10 Å². The minimum atomic E-state index is -0.465. The van der Waals surface area contributed by atoms with Crippen molar-refractivity contribution in [1.82, 2.24) is 19.2 Å². The standard InChI is InChI=1S/C19H19N5O3/c1-14-2-4-15(5-3-14)12-21-10-11-22-18(13-21)20-23(19(22)25)16-6-8-17(9-7-16)24(26)27/h2-9H,10-13H2,1H3. The van der Waals surface area contributed by atoms with Gasteiger partial charge in [0, 0.05) is 31.8 Å². The maximum atomic E-state index is 12.6. The number of benzene rings is 2. The molecule has 0 saturated carbocycles. The van der Waals surface area contributed by atoms with Crippen molar-refractivity contribution in [3.05, 3.63) is 86.1 Å². The van der Waals surface area contributed by atoms with Gasteiger partial charge < -0.3 is 0 Å². The Morgan fingerprint density at radius 3 is 2.44 bits per heavy atom. The van der Waals surface area contributed by atoms with Crippen molar-refractivity contribution in [3.8, 4) is 5.69 Å². The quantitative estimate of drug-likeness (QED) is 0.523. The van der Waals surface area contributed by atoms with E-state index in [4.69, 9.17) is 0 Å². The molecule has 1 aliphatic heterocycles. The van der Waals surface area contributed by atoms with E-state index in [1.165, 1.54) is 27.9 Å². The summed E-state index contributed by atoms with van der Waals surface area (Å²) in [5, 5.41) is 15.2. The maximum absolute atomic E-state index is 12.6. The van der Waals surface area contributed by atoms with Gasteiger partial charge in [0.05, 0.1) is 17.2 Å². The Bertz CT molecular complexity index is 1030. The number of fused-ring (bicyclic) bond motifs is 1. The molecular weight excluding hydrogens is 346 g/mol. The van der Waals surface area contributed by atoms with Crippen LogP contribution in [0.1, 0.15) is 17.0 Å². The summed E-state index contributed by atoms with van der Waals surface area (Å²) in [7, 11) is 0. The smallest absolute Gasteiger partial charge is 0.290 e. The van der Waals surface area contributed by atoms with Gasteiger partial charge in [-0.3, -0.25) is 19.6 Å². The molecule has 2 aromatic carbocycles. The lowest BCUT2D eigenvalue weighted by Crippen LogP contribution is -2.37. The third-order valence-electron chi connectivity index (χ3n) is 4.78. The molecule has 0 radical (unpaired) electrons. The predicted octanol–water partition coefficient (Wildman–Crippen LogP) is 2.27. The number of non-ortho nitro benzene ring substituents is 1. The highest BCUT2D eigenvalue weighted by Gasteiger charge is 2.22. The van der Waals surface area contributed by atoms with Crippen LogP contribution in [-0.2, 0) is 19.6 Å². The van der Waals surface area contributed by atoms with E-state index >= 15 is 0 Å². The van der Waals surface area contributed by atoms with Gasteiger partial charge in [-0.25, -0.2) is 4.79 Å². The lowest BCUT2D eigenvalue weighted by molar-refractivity contribution is -0.384. The third kappa shape index (κ3) is 3.39. The molecule has 1 aliphatic rings. The van der Waals surface area contributed by atoms with Gasteiger partial charge >= 0.3 is 5.69 Å². The molecule has 8 nitrogen and oxygen atoms in total. The molecule has 138 valence electrons. The Balaban J connectivity index is 1.56. The maximum Gasteiger partial charge on any atom is 0.350 e. The van der Waals surface area contributed by atoms with Crippen molar-refractivity contribution in [2.75, 3.05) is 6.54 Å². The van der Waals surface area contributed by atoms with Gasteiger partial charge in [0.2, 0.25) is 0 Å². The Hall–Kier alpha value is -3.26. The normalized spacial score (nSPS) is 14.1. The topological polar surface area (TPSA) is 86.2 Å². The number of aryl methyl sites for hydroxylation is 1. The summed E-state index contributed by atoms with van der Waals surface area (Å²) < 4.78 is 2.99. The van der Waals surface area contributed by atoms with Crippen LogP contribution in [0.5, 0.6) is 0 Å². The molecule has 0 bridgehead atoms. The molecule has 0 fully saturated rings. The van der Waals surface area contributed by atoms with Crippen LogP contribution in [0.15, 0.2) is 53.3 Å². The van der Waals surface area contributed by atoms with Crippen molar-refractivity contribution in [1.29, 1.82) is 0 Å².